The minimum atomic E-state index is 0.767. The minimum Gasteiger partial charge on any atom is -0.312 e. The molecule has 0 aromatic carbocycles. The molecule has 1 saturated heterocycles. The number of nitrogens with one attached hydrogen (secondary N) is 1. The van der Waals surface area contributed by atoms with Gasteiger partial charge >= 0.3 is 0 Å². The standard InChI is InChI=1S/C7H15NS/c1-6(2)7-5-9-4-3-8-7/h6-8H,3-5H2,1-2H3/t7-/m0/s1. The van der Waals surface area contributed by atoms with Crippen LogP contribution in [0, 0.1) is 5.92 Å². The first-order valence-corrected chi connectivity index (χ1v) is 4.77. The van der Waals surface area contributed by atoms with Crippen LogP contribution in [-0.4, -0.2) is 24.1 Å². The second-order valence-electron chi connectivity index (χ2n) is 2.88. The molecule has 0 saturated carbocycles. The topological polar surface area (TPSA) is 12.0 Å². The molecule has 1 atom stereocenters. The average Bonchev–Trinajstić information content (AvgIpc) is 1.90. The molecule has 0 aliphatic carbocycles. The highest BCUT2D eigenvalue weighted by Crippen LogP contribution is 2.13. The molecule has 0 radical (unpaired) electrons. The van der Waals surface area contributed by atoms with Crippen LogP contribution in [-0.2, 0) is 0 Å². The Bertz CT molecular complexity index is 77.0. The second kappa shape index (κ2) is 3.47. The second-order valence-corrected chi connectivity index (χ2v) is 4.03. The summed E-state index contributed by atoms with van der Waals surface area (Å²) < 4.78 is 0. The van der Waals surface area contributed by atoms with E-state index in [0.29, 0.717) is 0 Å². The molecule has 1 fully saturated rings. The van der Waals surface area contributed by atoms with Gasteiger partial charge in [-0.3, -0.25) is 0 Å². The van der Waals surface area contributed by atoms with Crippen molar-refractivity contribution in [2.45, 2.75) is 19.9 Å². The number of rotatable bonds is 1. The van der Waals surface area contributed by atoms with E-state index in [1.165, 1.54) is 18.1 Å². The summed E-state index contributed by atoms with van der Waals surface area (Å²) in [5.41, 5.74) is 0. The van der Waals surface area contributed by atoms with Crippen LogP contribution in [0.25, 0.3) is 0 Å². The first kappa shape index (κ1) is 7.42. The maximum absolute atomic E-state index is 3.50. The normalized spacial score (nSPS) is 29.0. The molecule has 9 heavy (non-hydrogen) atoms. The highest BCUT2D eigenvalue weighted by atomic mass is 32.2. The van der Waals surface area contributed by atoms with Gasteiger partial charge in [0.15, 0.2) is 0 Å². The third kappa shape index (κ3) is 2.18. The van der Waals surface area contributed by atoms with Gasteiger partial charge in [0.25, 0.3) is 0 Å². The smallest absolute Gasteiger partial charge is 0.0181 e. The largest absolute Gasteiger partial charge is 0.312 e. The van der Waals surface area contributed by atoms with Crippen molar-refractivity contribution in [2.75, 3.05) is 18.1 Å². The highest BCUT2D eigenvalue weighted by molar-refractivity contribution is 7.99. The van der Waals surface area contributed by atoms with E-state index in [2.05, 4.69) is 30.9 Å². The van der Waals surface area contributed by atoms with Gasteiger partial charge in [0.2, 0.25) is 0 Å². The van der Waals surface area contributed by atoms with E-state index in [1.807, 2.05) is 0 Å². The van der Waals surface area contributed by atoms with Crippen LogP contribution in [0.5, 0.6) is 0 Å². The van der Waals surface area contributed by atoms with Gasteiger partial charge in [-0.15, -0.1) is 0 Å². The Balaban J connectivity index is 2.23. The van der Waals surface area contributed by atoms with Crippen LogP contribution in [0.1, 0.15) is 13.8 Å². The first-order chi connectivity index (χ1) is 4.30. The van der Waals surface area contributed by atoms with Crippen LogP contribution in [0.4, 0.5) is 0 Å². The van der Waals surface area contributed by atoms with E-state index >= 15 is 0 Å². The van der Waals surface area contributed by atoms with Crippen LogP contribution in [0.3, 0.4) is 0 Å². The zero-order valence-corrected chi connectivity index (χ0v) is 7.00. The lowest BCUT2D eigenvalue weighted by Gasteiger charge is -2.26. The fraction of sp³-hybridized carbons (Fsp3) is 1.00. The molecule has 0 unspecified atom stereocenters. The zero-order chi connectivity index (χ0) is 6.69. The molecule has 0 spiro atoms. The Morgan fingerprint density at radius 1 is 1.56 bits per heavy atom. The Kier molecular flexibility index (Phi) is 2.86. The van der Waals surface area contributed by atoms with Crippen molar-refractivity contribution in [1.29, 1.82) is 0 Å². The predicted octanol–water partition coefficient (Wildman–Crippen LogP) is 1.35. The minimum absolute atomic E-state index is 0.767. The van der Waals surface area contributed by atoms with Gasteiger partial charge in [-0.2, -0.15) is 11.8 Å². The van der Waals surface area contributed by atoms with Crippen LogP contribution in [0.15, 0.2) is 0 Å². The summed E-state index contributed by atoms with van der Waals surface area (Å²) >= 11 is 2.07. The molecule has 1 aliphatic heterocycles. The lowest BCUT2D eigenvalue weighted by Crippen LogP contribution is -2.40. The molecule has 0 aromatic heterocycles. The molecular formula is C7H15NS. The van der Waals surface area contributed by atoms with Gasteiger partial charge in [-0.05, 0) is 5.92 Å². The maximum Gasteiger partial charge on any atom is 0.0181 e. The summed E-state index contributed by atoms with van der Waals surface area (Å²) in [6.07, 6.45) is 0. The zero-order valence-electron chi connectivity index (χ0n) is 6.18. The number of thioether (sulfide) groups is 1. The van der Waals surface area contributed by atoms with Gasteiger partial charge in [0.05, 0.1) is 0 Å². The molecule has 0 bridgehead atoms. The SMILES string of the molecule is CC(C)[C@@H]1CSCCN1. The Morgan fingerprint density at radius 2 is 2.33 bits per heavy atom. The van der Waals surface area contributed by atoms with E-state index < -0.39 is 0 Å². The monoisotopic (exact) mass is 145 g/mol. The van der Waals surface area contributed by atoms with E-state index in [-0.39, 0.29) is 0 Å². The Hall–Kier alpha value is 0.310. The summed E-state index contributed by atoms with van der Waals surface area (Å²) in [4.78, 5) is 0. The fourth-order valence-corrected chi connectivity index (χ4v) is 2.20. The van der Waals surface area contributed by atoms with E-state index in [4.69, 9.17) is 0 Å². The predicted molar refractivity (Wildman–Crippen MR) is 44.0 cm³/mol. The average molecular weight is 145 g/mol. The molecule has 1 nitrogen and oxygen atoms in total. The van der Waals surface area contributed by atoms with E-state index in [9.17, 15) is 0 Å². The Morgan fingerprint density at radius 3 is 2.67 bits per heavy atom. The maximum atomic E-state index is 3.50. The van der Waals surface area contributed by atoms with Gasteiger partial charge in [0, 0.05) is 24.1 Å². The molecule has 1 heterocycles. The number of hydrogen-bond acceptors (Lipinski definition) is 2. The van der Waals surface area contributed by atoms with E-state index in [0.717, 1.165) is 12.0 Å². The molecule has 1 N–H and O–H groups in total. The van der Waals surface area contributed by atoms with E-state index in [1.54, 1.807) is 0 Å². The molecule has 54 valence electrons. The lowest BCUT2D eigenvalue weighted by atomic mass is 10.1. The van der Waals surface area contributed by atoms with Crippen molar-refractivity contribution >= 4 is 11.8 Å². The summed E-state index contributed by atoms with van der Waals surface area (Å²) in [5, 5.41) is 3.50. The highest BCUT2D eigenvalue weighted by Gasteiger charge is 2.15. The van der Waals surface area contributed by atoms with Gasteiger partial charge in [0.1, 0.15) is 0 Å². The Labute approximate surface area is 61.6 Å². The van der Waals surface area contributed by atoms with Crippen LogP contribution < -0.4 is 5.32 Å². The van der Waals surface area contributed by atoms with Gasteiger partial charge in [-0.1, -0.05) is 13.8 Å². The fourth-order valence-electron chi connectivity index (χ4n) is 1.01. The van der Waals surface area contributed by atoms with Crippen molar-refractivity contribution in [3.63, 3.8) is 0 Å². The van der Waals surface area contributed by atoms with Gasteiger partial charge < -0.3 is 5.32 Å². The van der Waals surface area contributed by atoms with Crippen molar-refractivity contribution in [3.8, 4) is 0 Å². The van der Waals surface area contributed by atoms with Crippen LogP contribution in [0.2, 0.25) is 0 Å². The quantitative estimate of drug-likeness (QED) is 0.597. The molecular weight excluding hydrogens is 130 g/mol. The third-order valence-corrected chi connectivity index (χ3v) is 2.84. The lowest BCUT2D eigenvalue weighted by molar-refractivity contribution is 0.437. The third-order valence-electron chi connectivity index (χ3n) is 1.76. The molecule has 1 aliphatic rings. The van der Waals surface area contributed by atoms with Crippen molar-refractivity contribution in [2.24, 2.45) is 5.92 Å². The summed E-state index contributed by atoms with van der Waals surface area (Å²) in [5.74, 6) is 3.40. The van der Waals surface area contributed by atoms with Gasteiger partial charge in [-0.25, -0.2) is 0 Å². The van der Waals surface area contributed by atoms with Crippen molar-refractivity contribution < 1.29 is 0 Å². The van der Waals surface area contributed by atoms with Crippen molar-refractivity contribution in [1.82, 2.24) is 5.32 Å². The van der Waals surface area contributed by atoms with Crippen LogP contribution >= 0.6 is 11.8 Å². The van der Waals surface area contributed by atoms with Crippen molar-refractivity contribution in [3.05, 3.63) is 0 Å². The molecule has 0 aromatic rings. The summed E-state index contributed by atoms with van der Waals surface area (Å²) in [6, 6.07) is 0.767. The molecule has 0 amide bonds. The first-order valence-electron chi connectivity index (χ1n) is 3.62. The summed E-state index contributed by atoms with van der Waals surface area (Å²) in [6.45, 7) is 5.76. The molecule has 1 rings (SSSR count). The number of hydrogen-bond donors (Lipinski definition) is 1. The molecule has 2 heteroatoms. The summed E-state index contributed by atoms with van der Waals surface area (Å²) in [7, 11) is 0.